The Labute approximate surface area is 212 Å². The lowest BCUT2D eigenvalue weighted by molar-refractivity contribution is 0.0600. The first-order valence-electron chi connectivity index (χ1n) is 11.4. The van der Waals surface area contributed by atoms with Gasteiger partial charge >= 0.3 is 5.97 Å². The van der Waals surface area contributed by atoms with E-state index >= 15 is 0 Å². The first kappa shape index (κ1) is 25.0. The van der Waals surface area contributed by atoms with Gasteiger partial charge in [-0.15, -0.1) is 16.4 Å². The lowest BCUT2D eigenvalue weighted by Crippen LogP contribution is -2.33. The van der Waals surface area contributed by atoms with E-state index in [-0.39, 0.29) is 11.9 Å². The zero-order valence-corrected chi connectivity index (χ0v) is 21.1. The van der Waals surface area contributed by atoms with Crippen LogP contribution in [0.15, 0.2) is 41.9 Å². The van der Waals surface area contributed by atoms with Crippen LogP contribution in [0.3, 0.4) is 0 Å². The van der Waals surface area contributed by atoms with Gasteiger partial charge in [-0.05, 0) is 35.2 Å². The van der Waals surface area contributed by atoms with Crippen LogP contribution < -0.4 is 9.64 Å². The van der Waals surface area contributed by atoms with E-state index in [4.69, 9.17) is 9.47 Å². The summed E-state index contributed by atoms with van der Waals surface area (Å²) in [5.74, 6) is 0.719. The van der Waals surface area contributed by atoms with E-state index in [2.05, 4.69) is 32.5 Å². The number of carbonyl (C=O) groups excluding carboxylic acids is 2. The van der Waals surface area contributed by atoms with Gasteiger partial charge in [-0.25, -0.2) is 9.78 Å². The third-order valence-electron chi connectivity index (χ3n) is 5.66. The van der Waals surface area contributed by atoms with Crippen LogP contribution >= 0.6 is 11.3 Å². The van der Waals surface area contributed by atoms with Crippen LogP contribution in [0.4, 0.5) is 5.95 Å². The van der Waals surface area contributed by atoms with Crippen molar-refractivity contribution >= 4 is 29.2 Å². The van der Waals surface area contributed by atoms with Crippen LogP contribution in [0, 0.1) is 0 Å². The van der Waals surface area contributed by atoms with Gasteiger partial charge in [0.15, 0.2) is 0 Å². The summed E-state index contributed by atoms with van der Waals surface area (Å²) < 4.78 is 12.3. The number of hydrogen-bond acceptors (Lipinski definition) is 9. The quantitative estimate of drug-likeness (QED) is 0.304. The number of anilines is 1. The Bertz CT molecular complexity index is 1300. The van der Waals surface area contributed by atoms with Crippen molar-refractivity contribution in [3.8, 4) is 5.75 Å². The van der Waals surface area contributed by atoms with Gasteiger partial charge in [-0.3, -0.25) is 9.69 Å². The number of H-pyrrole nitrogens is 1. The summed E-state index contributed by atoms with van der Waals surface area (Å²) >= 11 is 1.54. The molecule has 0 saturated carbocycles. The molecule has 12 heteroatoms. The molecule has 0 saturated heterocycles. The summed E-state index contributed by atoms with van der Waals surface area (Å²) in [5.41, 5.74) is 1.56. The molecule has 0 aliphatic heterocycles. The number of nitrogens with one attached hydrogen (secondary N) is 1. The number of amides is 1. The lowest BCUT2D eigenvalue weighted by Gasteiger charge is -2.20. The summed E-state index contributed by atoms with van der Waals surface area (Å²) in [4.78, 5) is 32.9. The second-order valence-corrected chi connectivity index (χ2v) is 8.98. The number of ether oxygens (including phenoxy) is 2. The number of tetrazole rings is 1. The summed E-state index contributed by atoms with van der Waals surface area (Å²) in [6.45, 7) is 2.72. The smallest absolute Gasteiger partial charge is 0.337 e. The van der Waals surface area contributed by atoms with Crippen molar-refractivity contribution in [2.24, 2.45) is 0 Å². The maximum atomic E-state index is 13.9. The number of methoxy groups -OCH3 is 2. The van der Waals surface area contributed by atoms with E-state index in [0.29, 0.717) is 36.5 Å². The number of carbonyl (C=O) groups is 2. The van der Waals surface area contributed by atoms with Gasteiger partial charge in [-0.2, -0.15) is 5.21 Å². The molecule has 0 spiro atoms. The molecule has 0 atom stereocenters. The number of nitrogens with zero attached hydrogens (tertiary/aromatic N) is 6. The zero-order chi connectivity index (χ0) is 25.5. The van der Waals surface area contributed by atoms with Gasteiger partial charge in [-0.1, -0.05) is 30.6 Å². The van der Waals surface area contributed by atoms with Crippen LogP contribution in [0.5, 0.6) is 5.75 Å². The van der Waals surface area contributed by atoms with Crippen LogP contribution in [-0.4, -0.2) is 56.3 Å². The molecule has 1 amide bonds. The Hall–Kier alpha value is -4.06. The Morgan fingerprint density at radius 1 is 1.22 bits per heavy atom. The normalized spacial score (nSPS) is 10.9. The number of thiophene rings is 1. The highest BCUT2D eigenvalue weighted by atomic mass is 32.1. The van der Waals surface area contributed by atoms with Crippen LogP contribution in [-0.2, 0) is 24.2 Å². The number of rotatable bonds is 11. The molecule has 0 bridgehead atoms. The van der Waals surface area contributed by atoms with Crippen molar-refractivity contribution in [2.75, 3.05) is 19.1 Å². The van der Waals surface area contributed by atoms with Gasteiger partial charge in [0.1, 0.15) is 17.3 Å². The van der Waals surface area contributed by atoms with Crippen molar-refractivity contribution in [1.29, 1.82) is 0 Å². The fourth-order valence-corrected chi connectivity index (χ4v) is 4.48. The molecule has 0 unspecified atom stereocenters. The highest BCUT2D eigenvalue weighted by Gasteiger charge is 2.27. The number of aromatic nitrogens is 6. The maximum absolute atomic E-state index is 13.9. The average Bonchev–Trinajstić information content (AvgIpc) is 3.68. The van der Waals surface area contributed by atoms with Crippen molar-refractivity contribution in [1.82, 2.24) is 30.2 Å². The van der Waals surface area contributed by atoms with E-state index in [1.54, 1.807) is 24.4 Å². The number of unbranched alkanes of at least 4 members (excludes halogenated alkanes) is 1. The Morgan fingerprint density at radius 3 is 2.75 bits per heavy atom. The van der Waals surface area contributed by atoms with Crippen molar-refractivity contribution < 1.29 is 19.1 Å². The molecule has 36 heavy (non-hydrogen) atoms. The number of aryl methyl sites for hydroxylation is 1. The minimum atomic E-state index is -0.452. The maximum Gasteiger partial charge on any atom is 0.337 e. The summed E-state index contributed by atoms with van der Waals surface area (Å²) in [7, 11) is 2.87. The first-order valence-corrected chi connectivity index (χ1v) is 12.3. The molecule has 188 valence electrons. The third-order valence-corrected chi connectivity index (χ3v) is 6.52. The predicted molar refractivity (Wildman–Crippen MR) is 133 cm³/mol. The first-order chi connectivity index (χ1) is 17.5. The molecule has 4 rings (SSSR count). The van der Waals surface area contributed by atoms with Crippen molar-refractivity contribution in [3.63, 3.8) is 0 Å². The fourth-order valence-electron chi connectivity index (χ4n) is 3.79. The minimum absolute atomic E-state index is 0.177. The van der Waals surface area contributed by atoms with Gasteiger partial charge in [0.2, 0.25) is 0 Å². The molecule has 3 heterocycles. The summed E-state index contributed by atoms with van der Waals surface area (Å²) in [5, 5.41) is 16.1. The van der Waals surface area contributed by atoms with E-state index < -0.39 is 5.97 Å². The van der Waals surface area contributed by atoms with E-state index in [0.717, 1.165) is 29.1 Å². The fraction of sp³-hybridized carbons (Fsp3) is 0.333. The molecule has 3 aromatic heterocycles. The van der Waals surface area contributed by atoms with Gasteiger partial charge in [0, 0.05) is 16.9 Å². The molecule has 0 aliphatic rings. The largest absolute Gasteiger partial charge is 0.496 e. The van der Waals surface area contributed by atoms with Crippen LogP contribution in [0.2, 0.25) is 0 Å². The third kappa shape index (κ3) is 5.43. The van der Waals surface area contributed by atoms with Gasteiger partial charge in [0.25, 0.3) is 11.9 Å². The van der Waals surface area contributed by atoms with Gasteiger partial charge in [0.05, 0.1) is 39.1 Å². The zero-order valence-electron chi connectivity index (χ0n) is 20.3. The molecule has 0 radical (unpaired) electrons. The van der Waals surface area contributed by atoms with E-state index in [1.165, 1.54) is 30.5 Å². The topological polar surface area (TPSA) is 128 Å². The molecule has 1 N–H and O–H groups in total. The minimum Gasteiger partial charge on any atom is -0.496 e. The SMILES string of the molecule is CCCCc1ncc(C(=O)N(Cc2cccs2)c2nn[nH]n2)n1Cc1ccc(C(=O)OC)cc1OC. The summed E-state index contributed by atoms with van der Waals surface area (Å²) in [6.07, 6.45) is 4.21. The van der Waals surface area contributed by atoms with E-state index in [1.807, 2.05) is 22.1 Å². The standard InChI is InChI=1S/C24H27N7O4S/c1-4-5-8-21-25-13-19(22(32)31(24-26-28-29-27-24)15-18-7-6-11-36-18)30(21)14-17-10-9-16(23(33)35-3)12-20(17)34-2/h6-7,9-13H,4-5,8,14-15H2,1-3H3,(H,26,27,28,29). The average molecular weight is 510 g/mol. The van der Waals surface area contributed by atoms with Crippen molar-refractivity contribution in [3.05, 3.63) is 69.4 Å². The molecule has 0 aliphatic carbocycles. The van der Waals surface area contributed by atoms with Crippen LogP contribution in [0.25, 0.3) is 0 Å². The molecule has 4 aromatic rings. The Kier molecular flexibility index (Phi) is 8.06. The molecular formula is C24H27N7O4S. The highest BCUT2D eigenvalue weighted by Crippen LogP contribution is 2.25. The number of aromatic amines is 1. The number of imidazole rings is 1. The number of esters is 1. The second-order valence-electron chi connectivity index (χ2n) is 7.95. The number of hydrogen-bond donors (Lipinski definition) is 1. The highest BCUT2D eigenvalue weighted by molar-refractivity contribution is 7.09. The predicted octanol–water partition coefficient (Wildman–Crippen LogP) is 3.49. The monoisotopic (exact) mass is 509 g/mol. The Morgan fingerprint density at radius 2 is 2.08 bits per heavy atom. The molecule has 1 aromatic carbocycles. The molecule has 0 fully saturated rings. The Balaban J connectivity index is 1.72. The number of benzene rings is 1. The van der Waals surface area contributed by atoms with Gasteiger partial charge < -0.3 is 14.0 Å². The molecule has 11 nitrogen and oxygen atoms in total. The van der Waals surface area contributed by atoms with E-state index in [9.17, 15) is 9.59 Å². The molecular weight excluding hydrogens is 482 g/mol. The van der Waals surface area contributed by atoms with Crippen LogP contribution in [0.1, 0.15) is 56.9 Å². The lowest BCUT2D eigenvalue weighted by atomic mass is 10.1. The van der Waals surface area contributed by atoms with Crippen molar-refractivity contribution in [2.45, 2.75) is 39.3 Å². The summed E-state index contributed by atoms with van der Waals surface area (Å²) in [6, 6.07) is 8.98. The second kappa shape index (κ2) is 11.6.